The zero-order valence-corrected chi connectivity index (χ0v) is 8.92. The normalized spacial score (nSPS) is 26.6. The summed E-state index contributed by atoms with van der Waals surface area (Å²) in [5.74, 6) is 0. The Balaban J connectivity index is 1.94. The summed E-state index contributed by atoms with van der Waals surface area (Å²) in [4.78, 5) is 0. The second kappa shape index (κ2) is 3.68. The number of halogens is 1. The van der Waals surface area contributed by atoms with Crippen LogP contribution in [0.1, 0.15) is 12.8 Å². The van der Waals surface area contributed by atoms with Gasteiger partial charge in [0.15, 0.2) is 0 Å². The molecule has 1 saturated carbocycles. The Kier molecular flexibility index (Phi) is 2.56. The van der Waals surface area contributed by atoms with Crippen LogP contribution in [0.4, 0.5) is 5.69 Å². The third-order valence-corrected chi connectivity index (χ3v) is 2.86. The summed E-state index contributed by atoms with van der Waals surface area (Å²) in [5, 5.41) is 3.44. The van der Waals surface area contributed by atoms with E-state index in [0.29, 0.717) is 12.1 Å². The highest BCUT2D eigenvalue weighted by Gasteiger charge is 2.25. The van der Waals surface area contributed by atoms with Crippen molar-refractivity contribution in [3.05, 3.63) is 28.7 Å². The SMILES string of the molecule is NC1CC(Nc2cccc(Br)c2)C1. The summed E-state index contributed by atoms with van der Waals surface area (Å²) >= 11 is 3.44. The van der Waals surface area contributed by atoms with Gasteiger partial charge in [-0.25, -0.2) is 0 Å². The predicted molar refractivity (Wildman–Crippen MR) is 58.8 cm³/mol. The maximum atomic E-state index is 5.70. The molecule has 0 aromatic heterocycles. The summed E-state index contributed by atoms with van der Waals surface area (Å²) in [7, 11) is 0. The van der Waals surface area contributed by atoms with E-state index in [-0.39, 0.29) is 0 Å². The first-order valence-corrected chi connectivity index (χ1v) is 5.31. The monoisotopic (exact) mass is 240 g/mol. The molecule has 2 nitrogen and oxygen atoms in total. The topological polar surface area (TPSA) is 38.0 Å². The summed E-state index contributed by atoms with van der Waals surface area (Å²) in [6.45, 7) is 0. The molecule has 1 aliphatic rings. The van der Waals surface area contributed by atoms with Crippen molar-refractivity contribution >= 4 is 21.6 Å². The number of nitrogens with two attached hydrogens (primary N) is 1. The third kappa shape index (κ3) is 2.23. The molecule has 0 amide bonds. The fraction of sp³-hybridized carbons (Fsp3) is 0.400. The van der Waals surface area contributed by atoms with Gasteiger partial charge in [-0.15, -0.1) is 0 Å². The van der Waals surface area contributed by atoms with Crippen LogP contribution in [0.2, 0.25) is 0 Å². The zero-order valence-electron chi connectivity index (χ0n) is 7.33. The van der Waals surface area contributed by atoms with Gasteiger partial charge >= 0.3 is 0 Å². The van der Waals surface area contributed by atoms with E-state index in [1.165, 1.54) is 5.69 Å². The molecule has 3 heteroatoms. The van der Waals surface area contributed by atoms with Crippen LogP contribution in [0.15, 0.2) is 28.7 Å². The molecule has 0 aliphatic heterocycles. The Labute approximate surface area is 86.6 Å². The number of hydrogen-bond acceptors (Lipinski definition) is 2. The van der Waals surface area contributed by atoms with E-state index in [4.69, 9.17) is 5.73 Å². The van der Waals surface area contributed by atoms with Gasteiger partial charge in [0, 0.05) is 22.2 Å². The highest BCUT2D eigenvalue weighted by Crippen LogP contribution is 2.24. The molecule has 3 N–H and O–H groups in total. The minimum Gasteiger partial charge on any atom is -0.382 e. The standard InChI is InChI=1S/C10H13BrN2/c11-7-2-1-3-9(4-7)13-10-5-8(12)6-10/h1-4,8,10,13H,5-6,12H2. The Morgan fingerprint density at radius 2 is 2.15 bits per heavy atom. The lowest BCUT2D eigenvalue weighted by molar-refractivity contribution is 0.373. The molecule has 0 spiro atoms. The van der Waals surface area contributed by atoms with Crippen LogP contribution in [0.5, 0.6) is 0 Å². The van der Waals surface area contributed by atoms with Crippen LogP contribution in [0, 0.1) is 0 Å². The Morgan fingerprint density at radius 3 is 2.77 bits per heavy atom. The van der Waals surface area contributed by atoms with Gasteiger partial charge < -0.3 is 11.1 Å². The summed E-state index contributed by atoms with van der Waals surface area (Å²) in [6.07, 6.45) is 2.18. The maximum absolute atomic E-state index is 5.70. The van der Waals surface area contributed by atoms with E-state index in [1.807, 2.05) is 12.1 Å². The van der Waals surface area contributed by atoms with E-state index in [1.54, 1.807) is 0 Å². The van der Waals surface area contributed by atoms with Gasteiger partial charge in [-0.2, -0.15) is 0 Å². The number of nitrogens with one attached hydrogen (secondary N) is 1. The van der Waals surface area contributed by atoms with E-state index in [0.717, 1.165) is 17.3 Å². The molecule has 0 atom stereocenters. The molecule has 1 aromatic carbocycles. The van der Waals surface area contributed by atoms with Gasteiger partial charge in [0.1, 0.15) is 0 Å². The summed E-state index contributed by atoms with van der Waals surface area (Å²) in [6, 6.07) is 9.20. The third-order valence-electron chi connectivity index (χ3n) is 2.37. The lowest BCUT2D eigenvalue weighted by Crippen LogP contribution is -2.44. The van der Waals surface area contributed by atoms with E-state index in [2.05, 4.69) is 33.4 Å². The molecule has 13 heavy (non-hydrogen) atoms. The van der Waals surface area contributed by atoms with Crippen LogP contribution < -0.4 is 11.1 Å². The number of anilines is 1. The first-order valence-electron chi connectivity index (χ1n) is 4.52. The average Bonchev–Trinajstić information content (AvgIpc) is 2.01. The van der Waals surface area contributed by atoms with E-state index >= 15 is 0 Å². The van der Waals surface area contributed by atoms with Gasteiger partial charge in [-0.1, -0.05) is 22.0 Å². The molecule has 0 radical (unpaired) electrons. The number of benzene rings is 1. The first-order chi connectivity index (χ1) is 6.24. The van der Waals surface area contributed by atoms with Crippen molar-refractivity contribution in [2.24, 2.45) is 5.73 Å². The molecular weight excluding hydrogens is 228 g/mol. The molecule has 0 unspecified atom stereocenters. The molecule has 0 saturated heterocycles. The van der Waals surface area contributed by atoms with E-state index < -0.39 is 0 Å². The summed E-state index contributed by atoms with van der Waals surface area (Å²) in [5.41, 5.74) is 6.88. The van der Waals surface area contributed by atoms with Crippen LogP contribution in [0.3, 0.4) is 0 Å². The van der Waals surface area contributed by atoms with Gasteiger partial charge in [-0.3, -0.25) is 0 Å². The van der Waals surface area contributed by atoms with Crippen molar-refractivity contribution in [3.63, 3.8) is 0 Å². The maximum Gasteiger partial charge on any atom is 0.0353 e. The van der Waals surface area contributed by atoms with Gasteiger partial charge in [0.25, 0.3) is 0 Å². The Morgan fingerprint density at radius 1 is 1.38 bits per heavy atom. The molecule has 70 valence electrons. The molecule has 0 bridgehead atoms. The van der Waals surface area contributed by atoms with Crippen LogP contribution >= 0.6 is 15.9 Å². The fourth-order valence-corrected chi connectivity index (χ4v) is 1.99. The van der Waals surface area contributed by atoms with Crippen molar-refractivity contribution in [2.45, 2.75) is 24.9 Å². The highest BCUT2D eigenvalue weighted by atomic mass is 79.9. The minimum atomic E-state index is 0.407. The van der Waals surface area contributed by atoms with Crippen molar-refractivity contribution < 1.29 is 0 Å². The summed E-state index contributed by atoms with van der Waals surface area (Å²) < 4.78 is 1.11. The Hall–Kier alpha value is -0.540. The quantitative estimate of drug-likeness (QED) is 0.834. The van der Waals surface area contributed by atoms with Crippen molar-refractivity contribution in [1.82, 2.24) is 0 Å². The molecule has 0 heterocycles. The lowest BCUT2D eigenvalue weighted by Gasteiger charge is -2.33. The predicted octanol–water partition coefficient (Wildman–Crippen LogP) is 2.35. The number of hydrogen-bond donors (Lipinski definition) is 2. The molecule has 2 rings (SSSR count). The van der Waals surface area contributed by atoms with Crippen LogP contribution in [-0.2, 0) is 0 Å². The van der Waals surface area contributed by atoms with Crippen molar-refractivity contribution in [1.29, 1.82) is 0 Å². The molecular formula is C10H13BrN2. The van der Waals surface area contributed by atoms with Gasteiger partial charge in [-0.05, 0) is 31.0 Å². The lowest BCUT2D eigenvalue weighted by atomic mass is 9.87. The van der Waals surface area contributed by atoms with E-state index in [9.17, 15) is 0 Å². The Bertz CT molecular complexity index is 295. The molecule has 1 aliphatic carbocycles. The van der Waals surface area contributed by atoms with Crippen LogP contribution in [0.25, 0.3) is 0 Å². The van der Waals surface area contributed by atoms with Gasteiger partial charge in [0.05, 0.1) is 0 Å². The van der Waals surface area contributed by atoms with Crippen LogP contribution in [-0.4, -0.2) is 12.1 Å². The second-order valence-electron chi connectivity index (χ2n) is 3.58. The number of rotatable bonds is 2. The van der Waals surface area contributed by atoms with Crippen molar-refractivity contribution in [3.8, 4) is 0 Å². The smallest absolute Gasteiger partial charge is 0.0353 e. The zero-order chi connectivity index (χ0) is 9.26. The highest BCUT2D eigenvalue weighted by molar-refractivity contribution is 9.10. The molecule has 1 aromatic rings. The van der Waals surface area contributed by atoms with Gasteiger partial charge in [0.2, 0.25) is 0 Å². The average molecular weight is 241 g/mol. The second-order valence-corrected chi connectivity index (χ2v) is 4.50. The minimum absolute atomic E-state index is 0.407. The fourth-order valence-electron chi connectivity index (χ4n) is 1.59. The molecule has 1 fully saturated rings. The largest absolute Gasteiger partial charge is 0.382 e. The van der Waals surface area contributed by atoms with Crippen molar-refractivity contribution in [2.75, 3.05) is 5.32 Å². The first kappa shape index (κ1) is 9.03.